The number of benzene rings is 2. The van der Waals surface area contributed by atoms with Gasteiger partial charge in [0.1, 0.15) is 6.67 Å². The van der Waals surface area contributed by atoms with Crippen molar-refractivity contribution >= 4 is 29.0 Å². The molecule has 0 unspecified atom stereocenters. The monoisotopic (exact) mass is 511 g/mol. The lowest BCUT2D eigenvalue weighted by Crippen LogP contribution is -2.49. The van der Waals surface area contributed by atoms with Crippen LogP contribution in [0.3, 0.4) is 0 Å². The molecule has 11 heteroatoms. The Morgan fingerprint density at radius 2 is 1.61 bits per heavy atom. The van der Waals surface area contributed by atoms with Crippen LogP contribution in [0.15, 0.2) is 59.7 Å². The molecular weight excluding hydrogens is 482 g/mol. The van der Waals surface area contributed by atoms with Crippen LogP contribution < -0.4 is 20.7 Å². The molecule has 0 saturated carbocycles. The lowest BCUT2D eigenvalue weighted by Gasteiger charge is -2.29. The number of hydrogen-bond acceptors (Lipinski definition) is 11. The highest BCUT2D eigenvalue weighted by Gasteiger charge is 2.22. The van der Waals surface area contributed by atoms with E-state index in [2.05, 4.69) is 42.7 Å². The van der Waals surface area contributed by atoms with E-state index in [1.807, 2.05) is 47.5 Å². The van der Waals surface area contributed by atoms with Gasteiger partial charge in [-0.05, 0) is 48.5 Å². The van der Waals surface area contributed by atoms with Gasteiger partial charge in [-0.3, -0.25) is 10.4 Å². The van der Waals surface area contributed by atoms with Crippen molar-refractivity contribution in [3.63, 3.8) is 0 Å². The fourth-order valence-corrected chi connectivity index (χ4v) is 4.68. The molecule has 0 radical (unpaired) electrons. The number of guanidine groups is 1. The van der Waals surface area contributed by atoms with Gasteiger partial charge in [-0.1, -0.05) is 0 Å². The van der Waals surface area contributed by atoms with Crippen LogP contribution in [0.4, 0.5) is 23.0 Å². The molecule has 0 aliphatic carbocycles. The summed E-state index contributed by atoms with van der Waals surface area (Å²) in [5.41, 5.74) is 8.50. The van der Waals surface area contributed by atoms with Gasteiger partial charge in [0.05, 0.1) is 49.4 Å². The van der Waals surface area contributed by atoms with Gasteiger partial charge in [0.15, 0.2) is 0 Å². The second-order valence-electron chi connectivity index (χ2n) is 9.18. The molecule has 3 aliphatic heterocycles. The predicted molar refractivity (Wildman–Crippen MR) is 145 cm³/mol. The Labute approximate surface area is 221 Å². The van der Waals surface area contributed by atoms with E-state index < -0.39 is 0 Å². The van der Waals surface area contributed by atoms with Gasteiger partial charge in [0, 0.05) is 49.3 Å². The lowest BCUT2D eigenvalue weighted by molar-refractivity contribution is 0.0669. The van der Waals surface area contributed by atoms with Crippen molar-refractivity contribution in [2.75, 3.05) is 74.5 Å². The van der Waals surface area contributed by atoms with Gasteiger partial charge in [0.2, 0.25) is 11.9 Å². The van der Waals surface area contributed by atoms with Crippen molar-refractivity contribution in [2.24, 2.45) is 4.99 Å². The molecule has 11 nitrogen and oxygen atoms in total. The number of rotatable bonds is 5. The van der Waals surface area contributed by atoms with Gasteiger partial charge < -0.3 is 24.6 Å². The van der Waals surface area contributed by atoms with Crippen molar-refractivity contribution in [3.8, 4) is 17.3 Å². The zero-order valence-electron chi connectivity index (χ0n) is 21.0. The van der Waals surface area contributed by atoms with Gasteiger partial charge in [0.25, 0.3) is 0 Å². The fourth-order valence-electron chi connectivity index (χ4n) is 4.68. The topological polar surface area (TPSA) is 114 Å². The van der Waals surface area contributed by atoms with Crippen molar-refractivity contribution in [1.82, 2.24) is 20.3 Å². The molecule has 1 aromatic heterocycles. The zero-order chi connectivity index (χ0) is 25.7. The number of ether oxygens (including phenoxy) is 2. The van der Waals surface area contributed by atoms with E-state index in [0.717, 1.165) is 73.7 Å². The van der Waals surface area contributed by atoms with E-state index >= 15 is 0 Å². The molecule has 0 amide bonds. The van der Waals surface area contributed by atoms with Crippen LogP contribution in [0.1, 0.15) is 5.56 Å². The molecular formula is C27H29N9O2. The SMILES string of the molecule is N#Cc1cc(-c2ccnc(Nc3ccc(N4CN=C(N5CCOCC5)N4)cc3)n2)cc(N2CCOCC2)c1. The van der Waals surface area contributed by atoms with E-state index in [9.17, 15) is 5.26 Å². The third-order valence-electron chi connectivity index (χ3n) is 6.72. The first-order valence-corrected chi connectivity index (χ1v) is 12.7. The maximum atomic E-state index is 9.60. The van der Waals surface area contributed by atoms with E-state index in [1.165, 1.54) is 0 Å². The summed E-state index contributed by atoms with van der Waals surface area (Å²) in [4.78, 5) is 18.2. The molecule has 3 aromatic rings. The average molecular weight is 512 g/mol. The van der Waals surface area contributed by atoms with Crippen molar-refractivity contribution in [1.29, 1.82) is 5.26 Å². The van der Waals surface area contributed by atoms with Crippen LogP contribution in [0.2, 0.25) is 0 Å². The molecule has 3 aliphatic rings. The second-order valence-corrected chi connectivity index (χ2v) is 9.18. The van der Waals surface area contributed by atoms with Crippen molar-refractivity contribution < 1.29 is 9.47 Å². The highest BCUT2D eigenvalue weighted by Crippen LogP contribution is 2.27. The summed E-state index contributed by atoms with van der Waals surface area (Å²) in [5, 5.41) is 14.9. The summed E-state index contributed by atoms with van der Waals surface area (Å²) in [7, 11) is 0. The van der Waals surface area contributed by atoms with E-state index in [1.54, 1.807) is 6.20 Å². The first kappa shape index (κ1) is 24.0. The Morgan fingerprint density at radius 1 is 0.868 bits per heavy atom. The summed E-state index contributed by atoms with van der Waals surface area (Å²) in [5.74, 6) is 1.38. The minimum atomic E-state index is 0.489. The number of hydrogen-bond donors (Lipinski definition) is 2. The second kappa shape index (κ2) is 10.9. The van der Waals surface area contributed by atoms with Crippen LogP contribution in [0.25, 0.3) is 11.3 Å². The first-order valence-electron chi connectivity index (χ1n) is 12.7. The van der Waals surface area contributed by atoms with E-state index in [-0.39, 0.29) is 0 Å². The Balaban J connectivity index is 1.14. The third kappa shape index (κ3) is 5.32. The standard InChI is InChI=1S/C27H29N9O2/c28-18-20-15-21(17-24(16-20)34-7-11-37-12-8-34)25-5-6-29-26(32-25)31-22-1-3-23(4-2-22)36-19-30-27(33-36)35-9-13-38-14-10-35/h1-6,15-17H,7-14,19H2,(H,30,33)(H,29,31,32). The summed E-state index contributed by atoms with van der Waals surface area (Å²) in [6, 6.07) is 18.0. The quantitative estimate of drug-likeness (QED) is 0.530. The summed E-state index contributed by atoms with van der Waals surface area (Å²) in [6.45, 7) is 6.66. The predicted octanol–water partition coefficient (Wildman–Crippen LogP) is 2.57. The van der Waals surface area contributed by atoms with Crippen LogP contribution >= 0.6 is 0 Å². The molecule has 0 spiro atoms. The van der Waals surface area contributed by atoms with Gasteiger partial charge in [-0.15, -0.1) is 0 Å². The maximum absolute atomic E-state index is 9.60. The Kier molecular flexibility index (Phi) is 6.89. The number of aromatic nitrogens is 2. The summed E-state index contributed by atoms with van der Waals surface area (Å²) in [6.07, 6.45) is 1.73. The minimum absolute atomic E-state index is 0.489. The minimum Gasteiger partial charge on any atom is -0.378 e. The molecule has 2 fully saturated rings. The average Bonchev–Trinajstić information content (AvgIpc) is 3.49. The molecule has 2 saturated heterocycles. The molecule has 194 valence electrons. The van der Waals surface area contributed by atoms with E-state index in [0.29, 0.717) is 31.4 Å². The Morgan fingerprint density at radius 3 is 2.34 bits per heavy atom. The first-order chi connectivity index (χ1) is 18.7. The summed E-state index contributed by atoms with van der Waals surface area (Å²) >= 11 is 0. The van der Waals surface area contributed by atoms with Crippen LogP contribution in [0.5, 0.6) is 0 Å². The number of anilines is 4. The molecule has 2 N–H and O–H groups in total. The van der Waals surface area contributed by atoms with Gasteiger partial charge in [-0.2, -0.15) is 5.26 Å². The molecule has 2 aromatic carbocycles. The maximum Gasteiger partial charge on any atom is 0.227 e. The third-order valence-corrected chi connectivity index (χ3v) is 6.72. The van der Waals surface area contributed by atoms with Crippen LogP contribution in [-0.4, -0.2) is 80.1 Å². The highest BCUT2D eigenvalue weighted by molar-refractivity contribution is 5.84. The Bertz CT molecular complexity index is 1340. The molecule has 4 heterocycles. The van der Waals surface area contributed by atoms with Crippen molar-refractivity contribution in [3.05, 3.63) is 60.3 Å². The fraction of sp³-hybridized carbons (Fsp3) is 0.333. The van der Waals surface area contributed by atoms with Crippen molar-refractivity contribution in [2.45, 2.75) is 0 Å². The Hall–Kier alpha value is -4.40. The highest BCUT2D eigenvalue weighted by atomic mass is 16.5. The summed E-state index contributed by atoms with van der Waals surface area (Å²) < 4.78 is 10.9. The number of hydrazine groups is 1. The molecule has 0 atom stereocenters. The van der Waals surface area contributed by atoms with E-state index in [4.69, 9.17) is 14.5 Å². The zero-order valence-corrected chi connectivity index (χ0v) is 21.0. The van der Waals surface area contributed by atoms with Gasteiger partial charge in [-0.25, -0.2) is 15.0 Å². The number of nitrogens with zero attached hydrogens (tertiary/aromatic N) is 7. The molecule has 0 bridgehead atoms. The number of morpholine rings is 2. The number of aliphatic imine (C=N–C) groups is 1. The lowest BCUT2D eigenvalue weighted by atomic mass is 10.1. The number of nitrogens with one attached hydrogen (secondary N) is 2. The van der Waals surface area contributed by atoms with Gasteiger partial charge >= 0.3 is 0 Å². The number of nitriles is 1. The van der Waals surface area contributed by atoms with Crippen LogP contribution in [-0.2, 0) is 9.47 Å². The smallest absolute Gasteiger partial charge is 0.227 e. The largest absolute Gasteiger partial charge is 0.378 e. The normalized spacial score (nSPS) is 17.6. The van der Waals surface area contributed by atoms with Crippen LogP contribution in [0, 0.1) is 11.3 Å². The molecule has 38 heavy (non-hydrogen) atoms. The molecule has 6 rings (SSSR count).